The van der Waals surface area contributed by atoms with Crippen LogP contribution in [-0.2, 0) is 0 Å². The average Bonchev–Trinajstić information content (AvgIpc) is 3.29. The van der Waals surface area contributed by atoms with Crippen molar-refractivity contribution in [2.24, 2.45) is 17.8 Å². The van der Waals surface area contributed by atoms with E-state index in [0.29, 0.717) is 11.8 Å². The molecule has 0 bridgehead atoms. The second-order valence-electron chi connectivity index (χ2n) is 8.95. The molecule has 0 aromatic heterocycles. The van der Waals surface area contributed by atoms with Gasteiger partial charge in [-0.25, -0.2) is 0 Å². The molecule has 5 atom stereocenters. The Hall–Kier alpha value is -1.66. The quantitative estimate of drug-likeness (QED) is 0.269. The Bertz CT molecular complexity index is 690. The van der Waals surface area contributed by atoms with E-state index in [9.17, 15) is 10.2 Å². The van der Waals surface area contributed by atoms with Crippen molar-refractivity contribution in [3.8, 4) is 5.75 Å². The van der Waals surface area contributed by atoms with Gasteiger partial charge in [0.25, 0.3) is 0 Å². The molecule has 1 aromatic carbocycles. The van der Waals surface area contributed by atoms with Crippen LogP contribution in [0.2, 0.25) is 0 Å². The molecule has 5 nitrogen and oxygen atoms in total. The monoisotopic (exact) mass is 429 g/mol. The number of hydrogen-bond donors (Lipinski definition) is 4. The minimum Gasteiger partial charge on any atom is -0.491 e. The third kappa shape index (κ3) is 7.76. The Kier molecular flexibility index (Phi) is 10.1. The van der Waals surface area contributed by atoms with Gasteiger partial charge in [0.2, 0.25) is 0 Å². The van der Waals surface area contributed by atoms with E-state index < -0.39 is 6.10 Å². The molecule has 1 fully saturated rings. The van der Waals surface area contributed by atoms with Gasteiger partial charge in [-0.1, -0.05) is 48.4 Å². The molecular weight excluding hydrogens is 390 g/mol. The van der Waals surface area contributed by atoms with Crippen LogP contribution in [-0.4, -0.2) is 53.8 Å². The minimum absolute atomic E-state index is 0.112. The fraction of sp³-hybridized carbons (Fsp3) is 0.615. The van der Waals surface area contributed by atoms with Gasteiger partial charge in [0.05, 0.1) is 6.10 Å². The highest BCUT2D eigenvalue weighted by atomic mass is 16.5. The number of hydrogen-bond acceptors (Lipinski definition) is 5. The molecule has 31 heavy (non-hydrogen) atoms. The highest BCUT2D eigenvalue weighted by Gasteiger charge is 2.43. The molecule has 1 saturated carbocycles. The summed E-state index contributed by atoms with van der Waals surface area (Å²) in [5, 5.41) is 32.9. The number of aliphatic hydroxyl groups excluding tert-OH is 3. The first-order valence-corrected chi connectivity index (χ1v) is 11.9. The van der Waals surface area contributed by atoms with Crippen molar-refractivity contribution >= 4 is 0 Å². The van der Waals surface area contributed by atoms with Crippen molar-refractivity contribution in [2.75, 3.05) is 26.3 Å². The third-order valence-electron chi connectivity index (χ3n) is 6.53. The van der Waals surface area contributed by atoms with Gasteiger partial charge in [0.15, 0.2) is 0 Å². The minimum atomic E-state index is -0.675. The Labute approximate surface area is 186 Å². The molecule has 4 N–H and O–H groups in total. The van der Waals surface area contributed by atoms with Crippen molar-refractivity contribution in [2.45, 2.75) is 57.2 Å². The van der Waals surface area contributed by atoms with Gasteiger partial charge in [0, 0.05) is 12.5 Å². The molecule has 0 amide bonds. The number of allylic oxidation sites excluding steroid dienone is 2. The number of rotatable bonds is 14. The van der Waals surface area contributed by atoms with E-state index in [1.165, 1.54) is 19.3 Å². The van der Waals surface area contributed by atoms with Gasteiger partial charge < -0.3 is 25.4 Å². The van der Waals surface area contributed by atoms with Gasteiger partial charge in [-0.3, -0.25) is 0 Å². The lowest BCUT2D eigenvalue weighted by molar-refractivity contribution is 0.133. The summed E-state index contributed by atoms with van der Waals surface area (Å²) >= 11 is 0. The largest absolute Gasteiger partial charge is 0.491 e. The smallest absolute Gasteiger partial charge is 0.119 e. The maximum Gasteiger partial charge on any atom is 0.119 e. The summed E-state index contributed by atoms with van der Waals surface area (Å²) in [5.41, 5.74) is 1.54. The fourth-order valence-electron chi connectivity index (χ4n) is 4.91. The summed E-state index contributed by atoms with van der Waals surface area (Å²) in [7, 11) is 0. The Balaban J connectivity index is 1.36. The van der Waals surface area contributed by atoms with E-state index >= 15 is 0 Å². The molecule has 1 aromatic rings. The standard InChI is InChI=1S/C26H39NO4/c28-15-7-14-27-13-6-2-3-8-20-16-21-18-26(30)24(25(21)17-20)12-11-22(29)19-31-23-9-4-1-5-10-23/h1,4-5,9-12,16,21-22,24-30H,2-3,6-8,13-15,17-19H2/b12-11+/t21-,22+,24+,25-,26+/m0/s1. The lowest BCUT2D eigenvalue weighted by Crippen LogP contribution is -2.19. The average molecular weight is 430 g/mol. The normalized spacial score (nSPS) is 26.2. The lowest BCUT2D eigenvalue weighted by Gasteiger charge is -2.19. The van der Waals surface area contributed by atoms with E-state index in [2.05, 4.69) is 11.4 Å². The zero-order valence-corrected chi connectivity index (χ0v) is 18.5. The van der Waals surface area contributed by atoms with Gasteiger partial charge in [0.1, 0.15) is 18.5 Å². The molecule has 0 spiro atoms. The summed E-state index contributed by atoms with van der Waals surface area (Å²) in [6.07, 6.45) is 12.7. The number of aliphatic hydroxyl groups is 3. The molecule has 0 unspecified atom stereocenters. The molecular formula is C26H39NO4. The van der Waals surface area contributed by atoms with Crippen molar-refractivity contribution in [3.05, 3.63) is 54.1 Å². The third-order valence-corrected chi connectivity index (χ3v) is 6.53. The zero-order valence-electron chi connectivity index (χ0n) is 18.5. The van der Waals surface area contributed by atoms with Gasteiger partial charge in [-0.05, 0) is 75.6 Å². The van der Waals surface area contributed by atoms with Crippen LogP contribution in [0.5, 0.6) is 5.75 Å². The second kappa shape index (κ2) is 13.0. The van der Waals surface area contributed by atoms with Crippen molar-refractivity contribution in [1.29, 1.82) is 0 Å². The Morgan fingerprint density at radius 2 is 1.90 bits per heavy atom. The topological polar surface area (TPSA) is 82.0 Å². The first-order valence-electron chi connectivity index (χ1n) is 11.9. The summed E-state index contributed by atoms with van der Waals surface area (Å²) in [6, 6.07) is 9.51. The van der Waals surface area contributed by atoms with Crippen LogP contribution in [0.4, 0.5) is 0 Å². The second-order valence-corrected chi connectivity index (χ2v) is 8.95. The number of fused-ring (bicyclic) bond motifs is 1. The van der Waals surface area contributed by atoms with E-state index in [1.807, 2.05) is 36.4 Å². The summed E-state index contributed by atoms with van der Waals surface area (Å²) < 4.78 is 5.62. The zero-order chi connectivity index (χ0) is 21.9. The van der Waals surface area contributed by atoms with Crippen LogP contribution in [0.25, 0.3) is 0 Å². The van der Waals surface area contributed by atoms with Crippen molar-refractivity contribution in [3.63, 3.8) is 0 Å². The molecule has 2 aliphatic rings. The van der Waals surface area contributed by atoms with Gasteiger partial charge in [-0.2, -0.15) is 0 Å². The van der Waals surface area contributed by atoms with Gasteiger partial charge in [-0.15, -0.1) is 0 Å². The van der Waals surface area contributed by atoms with E-state index in [1.54, 1.807) is 11.6 Å². The Morgan fingerprint density at radius 3 is 2.71 bits per heavy atom. The molecule has 0 aliphatic heterocycles. The Morgan fingerprint density at radius 1 is 1.10 bits per heavy atom. The molecule has 5 heteroatoms. The van der Waals surface area contributed by atoms with Crippen LogP contribution in [0.3, 0.4) is 0 Å². The molecule has 2 aliphatic carbocycles. The predicted octanol–water partition coefficient (Wildman–Crippen LogP) is 3.46. The summed E-state index contributed by atoms with van der Waals surface area (Å²) in [6.45, 7) is 2.40. The summed E-state index contributed by atoms with van der Waals surface area (Å²) in [5.74, 6) is 1.79. The molecule has 0 heterocycles. The number of ether oxygens (including phenoxy) is 1. The number of para-hydroxylation sites is 1. The predicted molar refractivity (Wildman–Crippen MR) is 124 cm³/mol. The summed E-state index contributed by atoms with van der Waals surface area (Å²) in [4.78, 5) is 0. The van der Waals surface area contributed by atoms with Crippen LogP contribution in [0, 0.1) is 17.8 Å². The van der Waals surface area contributed by atoms with E-state index in [4.69, 9.17) is 9.84 Å². The van der Waals surface area contributed by atoms with Crippen LogP contribution in [0.1, 0.15) is 44.9 Å². The SMILES string of the molecule is OCCCNCCCCCC1=C[C@H]2C[C@@H](O)[C@H](/C=C/[C@@H](O)COc3ccccc3)[C@H]2C1. The maximum atomic E-state index is 10.5. The van der Waals surface area contributed by atoms with E-state index in [-0.39, 0.29) is 25.2 Å². The van der Waals surface area contributed by atoms with Gasteiger partial charge >= 0.3 is 0 Å². The van der Waals surface area contributed by atoms with E-state index in [0.717, 1.165) is 44.5 Å². The number of nitrogens with one attached hydrogen (secondary N) is 1. The van der Waals surface area contributed by atoms with Crippen LogP contribution < -0.4 is 10.1 Å². The molecule has 0 radical (unpaired) electrons. The highest BCUT2D eigenvalue weighted by molar-refractivity contribution is 5.22. The maximum absolute atomic E-state index is 10.5. The molecule has 3 rings (SSSR count). The number of unbranched alkanes of at least 4 members (excludes halogenated alkanes) is 2. The fourth-order valence-corrected chi connectivity index (χ4v) is 4.91. The molecule has 0 saturated heterocycles. The highest BCUT2D eigenvalue weighted by Crippen LogP contribution is 2.48. The lowest BCUT2D eigenvalue weighted by atomic mass is 9.88. The molecule has 172 valence electrons. The first-order chi connectivity index (χ1) is 15.2. The van der Waals surface area contributed by atoms with Crippen molar-refractivity contribution < 1.29 is 20.1 Å². The van der Waals surface area contributed by atoms with Crippen LogP contribution in [0.15, 0.2) is 54.1 Å². The number of benzene rings is 1. The van der Waals surface area contributed by atoms with Crippen molar-refractivity contribution in [1.82, 2.24) is 5.32 Å². The van der Waals surface area contributed by atoms with Crippen LogP contribution >= 0.6 is 0 Å². The first kappa shape index (κ1) is 24.0.